The molecule has 57 heavy (non-hydrogen) atoms. The minimum atomic E-state index is 0.565. The molecule has 0 fully saturated rings. The summed E-state index contributed by atoms with van der Waals surface area (Å²) in [7, 11) is 0. The van der Waals surface area contributed by atoms with Gasteiger partial charge in [-0.2, -0.15) is 9.97 Å². The highest BCUT2D eigenvalue weighted by Gasteiger charge is 2.23. The van der Waals surface area contributed by atoms with Crippen LogP contribution in [0.15, 0.2) is 174 Å². The van der Waals surface area contributed by atoms with Gasteiger partial charge in [-0.15, -0.1) is 11.3 Å². The van der Waals surface area contributed by atoms with Crippen LogP contribution in [0.1, 0.15) is 0 Å². The molecule has 0 bridgehead atoms. The van der Waals surface area contributed by atoms with Gasteiger partial charge in [0.25, 0.3) is 0 Å². The van der Waals surface area contributed by atoms with Gasteiger partial charge in [0.1, 0.15) is 16.8 Å². The summed E-state index contributed by atoms with van der Waals surface area (Å²) in [6.07, 6.45) is 0. The first kappa shape index (κ1) is 31.8. The van der Waals surface area contributed by atoms with Gasteiger partial charge in [0.05, 0.1) is 11.0 Å². The average molecular weight is 749 g/mol. The van der Waals surface area contributed by atoms with Crippen molar-refractivity contribution in [1.29, 1.82) is 0 Å². The third-order valence-electron chi connectivity index (χ3n) is 10.7. The van der Waals surface area contributed by atoms with Crippen LogP contribution in [-0.2, 0) is 0 Å². The van der Waals surface area contributed by atoms with Crippen molar-refractivity contribution in [3.05, 3.63) is 170 Å². The third-order valence-corrected chi connectivity index (χ3v) is 11.9. The first-order valence-electron chi connectivity index (χ1n) is 18.8. The second kappa shape index (κ2) is 12.5. The summed E-state index contributed by atoms with van der Waals surface area (Å²) in [5.74, 6) is 2.43. The van der Waals surface area contributed by atoms with E-state index in [1.165, 1.54) is 0 Å². The SMILES string of the molecule is c1ccc(-c2nc(-c3cccc4sc5c(-c6nc(-c7ccccc7)nc7c6oc6ccccc67)cccc5c34)nc(-n3c4ccccc4c4ccccc43)n2)cc1. The number of para-hydroxylation sites is 3. The second-order valence-electron chi connectivity index (χ2n) is 14.0. The van der Waals surface area contributed by atoms with Crippen molar-refractivity contribution in [2.24, 2.45) is 0 Å². The number of rotatable bonds is 5. The Morgan fingerprint density at radius 3 is 1.75 bits per heavy atom. The van der Waals surface area contributed by atoms with Crippen LogP contribution in [0.2, 0.25) is 0 Å². The van der Waals surface area contributed by atoms with Crippen molar-refractivity contribution < 1.29 is 4.42 Å². The molecule has 0 atom stereocenters. The monoisotopic (exact) mass is 748 g/mol. The van der Waals surface area contributed by atoms with Gasteiger partial charge < -0.3 is 4.42 Å². The molecule has 0 saturated heterocycles. The topological polar surface area (TPSA) is 82.5 Å². The van der Waals surface area contributed by atoms with E-state index < -0.39 is 0 Å². The fourth-order valence-electron chi connectivity index (χ4n) is 8.15. The van der Waals surface area contributed by atoms with Gasteiger partial charge in [-0.25, -0.2) is 15.0 Å². The molecule has 7 nitrogen and oxygen atoms in total. The zero-order valence-electron chi connectivity index (χ0n) is 30.2. The lowest BCUT2D eigenvalue weighted by Crippen LogP contribution is -2.06. The number of hydrogen-bond acceptors (Lipinski definition) is 7. The quantitative estimate of drug-likeness (QED) is 0.174. The molecule has 0 spiro atoms. The molecule has 0 aliphatic heterocycles. The summed E-state index contributed by atoms with van der Waals surface area (Å²) >= 11 is 1.74. The Hall–Kier alpha value is -7.55. The van der Waals surface area contributed by atoms with E-state index in [-0.39, 0.29) is 0 Å². The standard InChI is InChI=1S/C49H28N6OS/c1-3-15-29(16-4-1)46-50-42-33-21-9-12-27-39(33)56-44(42)43(51-46)36-24-13-22-34-41-35(23-14-28-40(41)57-45(34)36)48-52-47(30-17-5-2-6-18-30)53-49(54-48)55-37-25-10-7-19-31(37)32-20-8-11-26-38(32)55/h1-28H. The van der Waals surface area contributed by atoms with Crippen molar-refractivity contribution in [2.45, 2.75) is 0 Å². The summed E-state index contributed by atoms with van der Waals surface area (Å²) in [6.45, 7) is 0. The Bertz CT molecular complexity index is 3480. The van der Waals surface area contributed by atoms with Crippen molar-refractivity contribution in [3.63, 3.8) is 0 Å². The van der Waals surface area contributed by atoms with Crippen LogP contribution in [-0.4, -0.2) is 29.5 Å². The predicted octanol–water partition coefficient (Wildman–Crippen LogP) is 12.7. The molecule has 0 aliphatic carbocycles. The number of benzene rings is 7. The highest BCUT2D eigenvalue weighted by atomic mass is 32.1. The Morgan fingerprint density at radius 1 is 0.439 bits per heavy atom. The molecule has 0 amide bonds. The molecule has 0 saturated carbocycles. The Kier molecular flexibility index (Phi) is 6.96. The molecule has 0 unspecified atom stereocenters. The molecular weight excluding hydrogens is 721 g/mol. The largest absolute Gasteiger partial charge is 0.452 e. The molecular formula is C49H28N6OS. The fourth-order valence-corrected chi connectivity index (χ4v) is 9.39. The van der Waals surface area contributed by atoms with Crippen LogP contribution in [0.3, 0.4) is 0 Å². The van der Waals surface area contributed by atoms with Crippen LogP contribution in [0.5, 0.6) is 0 Å². The van der Waals surface area contributed by atoms with E-state index in [4.69, 9.17) is 29.3 Å². The van der Waals surface area contributed by atoms with Crippen molar-refractivity contribution in [1.82, 2.24) is 29.5 Å². The van der Waals surface area contributed by atoms with E-state index >= 15 is 0 Å². The highest BCUT2D eigenvalue weighted by Crippen LogP contribution is 2.45. The number of thiophene rings is 1. The highest BCUT2D eigenvalue weighted by molar-refractivity contribution is 7.26. The van der Waals surface area contributed by atoms with E-state index in [1.54, 1.807) is 11.3 Å². The number of fused-ring (bicyclic) bond motifs is 9. The minimum Gasteiger partial charge on any atom is -0.452 e. The van der Waals surface area contributed by atoms with Crippen LogP contribution in [0, 0.1) is 0 Å². The minimum absolute atomic E-state index is 0.565. The Balaban J connectivity index is 1.12. The van der Waals surface area contributed by atoms with Crippen molar-refractivity contribution in [3.8, 4) is 51.4 Å². The van der Waals surface area contributed by atoms with Gasteiger partial charge in [0, 0.05) is 58.6 Å². The lowest BCUT2D eigenvalue weighted by Gasteiger charge is -2.11. The van der Waals surface area contributed by atoms with E-state index in [2.05, 4.69) is 95.6 Å². The summed E-state index contributed by atoms with van der Waals surface area (Å²) in [5, 5.41) is 5.42. The number of furan rings is 1. The van der Waals surface area contributed by atoms with Gasteiger partial charge >= 0.3 is 0 Å². The van der Waals surface area contributed by atoms with Gasteiger partial charge in [0.2, 0.25) is 5.95 Å². The zero-order chi connectivity index (χ0) is 37.5. The maximum Gasteiger partial charge on any atom is 0.238 e. The first-order valence-corrected chi connectivity index (χ1v) is 19.6. The zero-order valence-corrected chi connectivity index (χ0v) is 31.0. The van der Waals surface area contributed by atoms with Crippen LogP contribution < -0.4 is 0 Å². The van der Waals surface area contributed by atoms with E-state index in [9.17, 15) is 0 Å². The summed E-state index contributed by atoms with van der Waals surface area (Å²) in [6, 6.07) is 58.0. The Morgan fingerprint density at radius 2 is 1.02 bits per heavy atom. The molecule has 8 heteroatoms. The third kappa shape index (κ3) is 4.94. The predicted molar refractivity (Wildman–Crippen MR) is 232 cm³/mol. The molecule has 12 rings (SSSR count). The smallest absolute Gasteiger partial charge is 0.238 e. The maximum atomic E-state index is 6.56. The number of aromatic nitrogens is 6. The average Bonchev–Trinajstić information content (AvgIpc) is 3.96. The first-order chi connectivity index (χ1) is 28.3. The van der Waals surface area contributed by atoms with E-state index in [0.29, 0.717) is 29.0 Å². The van der Waals surface area contributed by atoms with Crippen LogP contribution in [0.4, 0.5) is 0 Å². The van der Waals surface area contributed by atoms with E-state index in [0.717, 1.165) is 86.4 Å². The molecule has 266 valence electrons. The van der Waals surface area contributed by atoms with Crippen LogP contribution in [0.25, 0.3) is 115 Å². The van der Waals surface area contributed by atoms with Crippen molar-refractivity contribution in [2.75, 3.05) is 0 Å². The van der Waals surface area contributed by atoms with E-state index in [1.807, 2.05) is 78.9 Å². The Labute approximate surface area is 329 Å². The number of nitrogens with zero attached hydrogens (tertiary/aromatic N) is 6. The molecule has 5 heterocycles. The fraction of sp³-hybridized carbons (Fsp3) is 0. The normalized spacial score (nSPS) is 11.9. The lowest BCUT2D eigenvalue weighted by atomic mass is 10.0. The van der Waals surface area contributed by atoms with Gasteiger partial charge in [-0.05, 0) is 30.3 Å². The molecule has 12 aromatic rings. The maximum absolute atomic E-state index is 6.56. The molecule has 0 aliphatic rings. The summed E-state index contributed by atoms with van der Waals surface area (Å²) in [4.78, 5) is 26.0. The molecule has 5 aromatic heterocycles. The van der Waals surface area contributed by atoms with Crippen LogP contribution >= 0.6 is 11.3 Å². The summed E-state index contributed by atoms with van der Waals surface area (Å²) < 4.78 is 10.9. The molecule has 7 aromatic carbocycles. The summed E-state index contributed by atoms with van der Waals surface area (Å²) in [5.41, 5.74) is 8.85. The molecule has 0 N–H and O–H groups in total. The van der Waals surface area contributed by atoms with Gasteiger partial charge in [-0.3, -0.25) is 4.57 Å². The molecule has 0 radical (unpaired) electrons. The van der Waals surface area contributed by atoms with Gasteiger partial charge in [0.15, 0.2) is 23.1 Å². The van der Waals surface area contributed by atoms with Gasteiger partial charge in [-0.1, -0.05) is 140 Å². The lowest BCUT2D eigenvalue weighted by molar-refractivity contribution is 0.667. The second-order valence-corrected chi connectivity index (χ2v) is 15.1. The number of hydrogen-bond donors (Lipinski definition) is 0. The van der Waals surface area contributed by atoms with Crippen molar-refractivity contribution >= 4 is 75.4 Å².